The lowest BCUT2D eigenvalue weighted by atomic mass is 10.1. The van der Waals surface area contributed by atoms with Crippen LogP contribution in [0.4, 0.5) is 0 Å². The molecule has 0 heterocycles. The maximum atomic E-state index is 11.8. The number of nitrogens with zero attached hydrogens (tertiary/aromatic N) is 1. The van der Waals surface area contributed by atoms with Crippen LogP contribution in [0.2, 0.25) is 0 Å². The van der Waals surface area contributed by atoms with Crippen molar-refractivity contribution in [2.75, 3.05) is 7.05 Å². The molecular formula is C13H17BrN2O. The Morgan fingerprint density at radius 2 is 2.12 bits per heavy atom. The molecule has 0 saturated carbocycles. The van der Waals surface area contributed by atoms with Crippen molar-refractivity contribution in [3.63, 3.8) is 0 Å². The van der Waals surface area contributed by atoms with Gasteiger partial charge in [0.1, 0.15) is 0 Å². The van der Waals surface area contributed by atoms with Gasteiger partial charge in [-0.1, -0.05) is 34.1 Å². The minimum atomic E-state index is -0.493. The quantitative estimate of drug-likeness (QED) is 0.848. The third-order valence-corrected chi connectivity index (χ3v) is 2.98. The highest BCUT2D eigenvalue weighted by Gasteiger charge is 2.16. The Kier molecular flexibility index (Phi) is 5.38. The first-order valence-corrected chi connectivity index (χ1v) is 6.19. The molecule has 4 heteroatoms. The normalized spacial score (nSPS) is 11.9. The van der Waals surface area contributed by atoms with Crippen molar-refractivity contribution in [3.8, 4) is 0 Å². The summed E-state index contributed by atoms with van der Waals surface area (Å²) in [6.07, 6.45) is 2.17. The summed E-state index contributed by atoms with van der Waals surface area (Å²) in [6.45, 7) is 4.15. The molecular weight excluding hydrogens is 280 g/mol. The molecule has 0 saturated heterocycles. The van der Waals surface area contributed by atoms with Crippen LogP contribution in [0.1, 0.15) is 12.0 Å². The van der Waals surface area contributed by atoms with E-state index in [9.17, 15) is 4.79 Å². The second-order valence-electron chi connectivity index (χ2n) is 3.95. The molecule has 0 bridgehead atoms. The number of nitrogens with two attached hydrogens (primary N) is 1. The van der Waals surface area contributed by atoms with Gasteiger partial charge in [-0.2, -0.15) is 0 Å². The van der Waals surface area contributed by atoms with E-state index in [2.05, 4.69) is 22.5 Å². The van der Waals surface area contributed by atoms with Gasteiger partial charge in [0.15, 0.2) is 0 Å². The Balaban J connectivity index is 2.59. The Bertz CT molecular complexity index is 389. The number of carbonyl (C=O) groups is 1. The smallest absolute Gasteiger partial charge is 0.239 e. The van der Waals surface area contributed by atoms with Gasteiger partial charge in [-0.25, -0.2) is 0 Å². The number of likely N-dealkylation sites (N-methyl/N-ethyl adjacent to an activating group) is 1. The van der Waals surface area contributed by atoms with Crippen molar-refractivity contribution in [3.05, 3.63) is 47.0 Å². The first kappa shape index (κ1) is 13.9. The van der Waals surface area contributed by atoms with Crippen LogP contribution in [0.15, 0.2) is 41.4 Å². The van der Waals surface area contributed by atoms with Gasteiger partial charge in [-0.3, -0.25) is 4.79 Å². The molecule has 1 aromatic rings. The zero-order valence-corrected chi connectivity index (χ0v) is 11.5. The fourth-order valence-corrected chi connectivity index (χ4v) is 1.77. The van der Waals surface area contributed by atoms with Gasteiger partial charge in [0.2, 0.25) is 5.91 Å². The van der Waals surface area contributed by atoms with Gasteiger partial charge in [0.25, 0.3) is 0 Å². The molecule has 0 spiro atoms. The van der Waals surface area contributed by atoms with Crippen LogP contribution < -0.4 is 5.73 Å². The van der Waals surface area contributed by atoms with Crippen LogP contribution >= 0.6 is 15.9 Å². The van der Waals surface area contributed by atoms with Crippen LogP contribution in [0.25, 0.3) is 0 Å². The fourth-order valence-electron chi connectivity index (χ4n) is 1.51. The minimum absolute atomic E-state index is 0.0622. The Labute approximate surface area is 110 Å². The molecule has 0 aromatic heterocycles. The summed E-state index contributed by atoms with van der Waals surface area (Å²) < 4.78 is 1.03. The van der Waals surface area contributed by atoms with Crippen LogP contribution in [-0.2, 0) is 11.3 Å². The zero-order valence-electron chi connectivity index (χ0n) is 9.90. The number of carbonyl (C=O) groups excluding carboxylic acids is 1. The molecule has 0 aliphatic heterocycles. The van der Waals surface area contributed by atoms with Gasteiger partial charge in [0, 0.05) is 18.1 Å². The summed E-state index contributed by atoms with van der Waals surface area (Å²) in [4.78, 5) is 13.5. The Morgan fingerprint density at radius 1 is 1.53 bits per heavy atom. The van der Waals surface area contributed by atoms with E-state index >= 15 is 0 Å². The monoisotopic (exact) mass is 296 g/mol. The number of benzene rings is 1. The van der Waals surface area contributed by atoms with Gasteiger partial charge in [-0.05, 0) is 24.1 Å². The van der Waals surface area contributed by atoms with Crippen molar-refractivity contribution in [2.45, 2.75) is 19.0 Å². The molecule has 92 valence electrons. The average molecular weight is 297 g/mol. The average Bonchev–Trinajstić information content (AvgIpc) is 2.31. The van der Waals surface area contributed by atoms with E-state index in [1.54, 1.807) is 18.0 Å². The van der Waals surface area contributed by atoms with Crippen molar-refractivity contribution < 1.29 is 4.79 Å². The highest BCUT2D eigenvalue weighted by molar-refractivity contribution is 9.10. The lowest BCUT2D eigenvalue weighted by molar-refractivity contribution is -0.131. The lowest BCUT2D eigenvalue weighted by Crippen LogP contribution is -2.41. The third kappa shape index (κ3) is 4.32. The first-order chi connectivity index (χ1) is 8.04. The first-order valence-electron chi connectivity index (χ1n) is 5.40. The van der Waals surface area contributed by atoms with Gasteiger partial charge in [-0.15, -0.1) is 6.58 Å². The number of rotatable bonds is 5. The highest BCUT2D eigenvalue weighted by Crippen LogP contribution is 2.12. The van der Waals surface area contributed by atoms with Gasteiger partial charge in [0.05, 0.1) is 6.04 Å². The SMILES string of the molecule is C=CCC(N)C(=O)N(C)Cc1ccc(Br)cc1. The zero-order chi connectivity index (χ0) is 12.8. The predicted molar refractivity (Wildman–Crippen MR) is 73.4 cm³/mol. The van der Waals surface area contributed by atoms with Gasteiger partial charge >= 0.3 is 0 Å². The van der Waals surface area contributed by atoms with Crippen LogP contribution in [0.3, 0.4) is 0 Å². The maximum Gasteiger partial charge on any atom is 0.239 e. The summed E-state index contributed by atoms with van der Waals surface area (Å²) in [5.41, 5.74) is 6.82. The van der Waals surface area contributed by atoms with E-state index in [0.29, 0.717) is 13.0 Å². The van der Waals surface area contributed by atoms with Crippen LogP contribution in [0.5, 0.6) is 0 Å². The highest BCUT2D eigenvalue weighted by atomic mass is 79.9. The number of hydrogen-bond donors (Lipinski definition) is 1. The van der Waals surface area contributed by atoms with E-state index in [0.717, 1.165) is 10.0 Å². The summed E-state index contributed by atoms with van der Waals surface area (Å²) >= 11 is 3.37. The van der Waals surface area contributed by atoms with Crippen molar-refractivity contribution in [1.82, 2.24) is 4.90 Å². The van der Waals surface area contributed by atoms with Crippen molar-refractivity contribution in [1.29, 1.82) is 0 Å². The van der Waals surface area contributed by atoms with Crippen LogP contribution in [-0.4, -0.2) is 23.9 Å². The molecule has 1 aromatic carbocycles. The van der Waals surface area contributed by atoms with Crippen molar-refractivity contribution >= 4 is 21.8 Å². The number of halogens is 1. The van der Waals surface area contributed by atoms with E-state index < -0.39 is 6.04 Å². The number of hydrogen-bond acceptors (Lipinski definition) is 2. The van der Waals surface area contributed by atoms with E-state index in [1.807, 2.05) is 24.3 Å². The second kappa shape index (κ2) is 6.57. The Morgan fingerprint density at radius 3 is 2.65 bits per heavy atom. The standard InChI is InChI=1S/C13H17BrN2O/c1-3-4-12(15)13(17)16(2)9-10-5-7-11(14)8-6-10/h3,5-8,12H,1,4,9,15H2,2H3. The van der Waals surface area contributed by atoms with E-state index in [1.165, 1.54) is 0 Å². The number of amides is 1. The summed E-state index contributed by atoms with van der Waals surface area (Å²) in [5, 5.41) is 0. The van der Waals surface area contributed by atoms with Gasteiger partial charge < -0.3 is 10.6 Å². The summed E-state index contributed by atoms with van der Waals surface area (Å²) in [6, 6.07) is 7.38. The van der Waals surface area contributed by atoms with Crippen molar-refractivity contribution in [2.24, 2.45) is 5.73 Å². The molecule has 3 nitrogen and oxygen atoms in total. The largest absolute Gasteiger partial charge is 0.340 e. The molecule has 1 amide bonds. The molecule has 0 fully saturated rings. The molecule has 1 atom stereocenters. The molecule has 1 rings (SSSR count). The molecule has 2 N–H and O–H groups in total. The maximum absolute atomic E-state index is 11.8. The Hall–Kier alpha value is -1.13. The lowest BCUT2D eigenvalue weighted by Gasteiger charge is -2.20. The third-order valence-electron chi connectivity index (χ3n) is 2.45. The summed E-state index contributed by atoms with van der Waals surface area (Å²) in [7, 11) is 1.76. The minimum Gasteiger partial charge on any atom is -0.340 e. The molecule has 0 aliphatic carbocycles. The molecule has 1 unspecified atom stereocenters. The molecule has 17 heavy (non-hydrogen) atoms. The second-order valence-corrected chi connectivity index (χ2v) is 4.87. The predicted octanol–water partition coefficient (Wildman–Crippen LogP) is 2.31. The fraction of sp³-hybridized carbons (Fsp3) is 0.308. The molecule has 0 aliphatic rings. The van der Waals surface area contributed by atoms with E-state index in [-0.39, 0.29) is 5.91 Å². The van der Waals surface area contributed by atoms with Crippen LogP contribution in [0, 0.1) is 0 Å². The summed E-state index contributed by atoms with van der Waals surface area (Å²) in [5.74, 6) is -0.0622. The topological polar surface area (TPSA) is 46.3 Å². The van der Waals surface area contributed by atoms with E-state index in [4.69, 9.17) is 5.73 Å². The molecule has 0 radical (unpaired) electrons.